The number of ether oxygens (including phenoxy) is 2. The Bertz CT molecular complexity index is 813. The van der Waals surface area contributed by atoms with Gasteiger partial charge in [0.2, 0.25) is 5.88 Å². The van der Waals surface area contributed by atoms with Crippen LogP contribution in [0.15, 0.2) is 42.6 Å². The summed E-state index contributed by atoms with van der Waals surface area (Å²) < 4.78 is 12.0. The van der Waals surface area contributed by atoms with Crippen molar-refractivity contribution in [1.82, 2.24) is 9.88 Å². The van der Waals surface area contributed by atoms with Gasteiger partial charge in [0.25, 0.3) is 5.91 Å². The number of piperidine rings is 1. The van der Waals surface area contributed by atoms with Gasteiger partial charge in [0.15, 0.2) is 0 Å². The summed E-state index contributed by atoms with van der Waals surface area (Å²) in [6.45, 7) is 1.36. The molecular weight excluding hydrogens is 388 g/mol. The van der Waals surface area contributed by atoms with E-state index in [0.717, 1.165) is 31.4 Å². The molecule has 154 valence electrons. The summed E-state index contributed by atoms with van der Waals surface area (Å²) in [6, 6.07) is 11.0. The number of benzene rings is 1. The average molecular weight is 415 g/mol. The quantitative estimate of drug-likeness (QED) is 0.680. The fourth-order valence-corrected chi connectivity index (χ4v) is 4.15. The number of hydrogen-bond donors (Lipinski definition) is 0. The zero-order chi connectivity index (χ0) is 20.1. The van der Waals surface area contributed by atoms with Crippen LogP contribution >= 0.6 is 11.6 Å². The third-order valence-electron chi connectivity index (χ3n) is 5.67. The van der Waals surface area contributed by atoms with Crippen LogP contribution in [0.25, 0.3) is 0 Å². The highest BCUT2D eigenvalue weighted by Crippen LogP contribution is 2.24. The van der Waals surface area contributed by atoms with E-state index in [2.05, 4.69) is 4.98 Å². The second kappa shape index (κ2) is 9.49. The van der Waals surface area contributed by atoms with Crippen molar-refractivity contribution in [3.05, 3.63) is 53.2 Å². The summed E-state index contributed by atoms with van der Waals surface area (Å²) in [6.07, 6.45) is 9.46. The maximum Gasteiger partial charge on any atom is 0.254 e. The van der Waals surface area contributed by atoms with E-state index in [-0.39, 0.29) is 18.1 Å². The monoisotopic (exact) mass is 414 g/mol. The number of carbonyl (C=O) groups is 1. The molecule has 2 aromatic rings. The van der Waals surface area contributed by atoms with Gasteiger partial charge >= 0.3 is 0 Å². The van der Waals surface area contributed by atoms with Gasteiger partial charge in [-0.1, -0.05) is 18.0 Å². The molecule has 1 saturated carbocycles. The van der Waals surface area contributed by atoms with Gasteiger partial charge in [-0.05, 0) is 56.0 Å². The van der Waals surface area contributed by atoms with Crippen LogP contribution in [0.4, 0.5) is 0 Å². The lowest BCUT2D eigenvalue weighted by Crippen LogP contribution is -2.41. The Kier molecular flexibility index (Phi) is 6.55. The number of aromatic nitrogens is 1. The van der Waals surface area contributed by atoms with Gasteiger partial charge in [-0.25, -0.2) is 4.98 Å². The Balaban J connectivity index is 1.31. The van der Waals surface area contributed by atoms with Gasteiger partial charge in [0.1, 0.15) is 18.0 Å². The molecule has 5 nitrogen and oxygen atoms in total. The van der Waals surface area contributed by atoms with E-state index < -0.39 is 0 Å². The Morgan fingerprint density at radius 2 is 1.62 bits per heavy atom. The molecule has 1 aromatic carbocycles. The summed E-state index contributed by atoms with van der Waals surface area (Å²) in [5.74, 6) is 1.41. The van der Waals surface area contributed by atoms with Crippen LogP contribution in [0.3, 0.4) is 0 Å². The normalized spacial score (nSPS) is 18.4. The molecule has 0 spiro atoms. The maximum atomic E-state index is 12.9. The maximum absolute atomic E-state index is 12.9. The predicted molar refractivity (Wildman–Crippen MR) is 113 cm³/mol. The van der Waals surface area contributed by atoms with Crippen molar-refractivity contribution in [2.45, 2.75) is 57.2 Å². The molecule has 0 bridgehead atoms. The molecule has 1 saturated heterocycles. The molecule has 2 heterocycles. The van der Waals surface area contributed by atoms with Crippen molar-refractivity contribution in [3.63, 3.8) is 0 Å². The highest BCUT2D eigenvalue weighted by atomic mass is 35.5. The van der Waals surface area contributed by atoms with Crippen molar-refractivity contribution in [3.8, 4) is 11.6 Å². The predicted octanol–water partition coefficient (Wildman–Crippen LogP) is 5.13. The average Bonchev–Trinajstić information content (AvgIpc) is 2.76. The SMILES string of the molecule is O=C(c1ccnc(OC2CCCCC2)c1)N1CCC(Oc2ccc(Cl)cc2)CC1. The highest BCUT2D eigenvalue weighted by molar-refractivity contribution is 6.30. The van der Waals surface area contributed by atoms with Gasteiger partial charge < -0.3 is 14.4 Å². The van der Waals surface area contributed by atoms with Gasteiger partial charge in [-0.3, -0.25) is 4.79 Å². The summed E-state index contributed by atoms with van der Waals surface area (Å²) in [4.78, 5) is 19.1. The van der Waals surface area contributed by atoms with Crippen LogP contribution in [-0.4, -0.2) is 41.1 Å². The number of amides is 1. The van der Waals surface area contributed by atoms with Crippen molar-refractivity contribution in [2.24, 2.45) is 0 Å². The number of nitrogens with zero attached hydrogens (tertiary/aromatic N) is 2. The molecule has 1 amide bonds. The Morgan fingerprint density at radius 1 is 0.931 bits per heavy atom. The van der Waals surface area contributed by atoms with Gasteiger partial charge in [0.05, 0.1) is 0 Å². The molecule has 0 unspecified atom stereocenters. The first-order chi connectivity index (χ1) is 14.2. The second-order valence-corrected chi connectivity index (χ2v) is 8.26. The minimum absolute atomic E-state index is 0.0332. The van der Waals surface area contributed by atoms with Crippen LogP contribution in [0.5, 0.6) is 11.6 Å². The lowest BCUT2D eigenvalue weighted by molar-refractivity contribution is 0.0594. The topological polar surface area (TPSA) is 51.7 Å². The molecule has 1 aliphatic heterocycles. The minimum Gasteiger partial charge on any atom is -0.490 e. The van der Waals surface area contributed by atoms with E-state index in [1.165, 1.54) is 19.3 Å². The fourth-order valence-electron chi connectivity index (χ4n) is 4.03. The second-order valence-electron chi connectivity index (χ2n) is 7.82. The molecule has 0 N–H and O–H groups in total. The third-order valence-corrected chi connectivity index (χ3v) is 5.92. The summed E-state index contributed by atoms with van der Waals surface area (Å²) in [5.41, 5.74) is 0.642. The Morgan fingerprint density at radius 3 is 2.34 bits per heavy atom. The highest BCUT2D eigenvalue weighted by Gasteiger charge is 2.25. The summed E-state index contributed by atoms with van der Waals surface area (Å²) in [7, 11) is 0. The Labute approximate surface area is 177 Å². The Hall–Kier alpha value is -2.27. The van der Waals surface area contributed by atoms with E-state index in [0.29, 0.717) is 29.6 Å². The first kappa shape index (κ1) is 20.0. The van der Waals surface area contributed by atoms with Gasteiger partial charge in [-0.2, -0.15) is 0 Å². The zero-order valence-corrected chi connectivity index (χ0v) is 17.3. The number of pyridine rings is 1. The van der Waals surface area contributed by atoms with E-state index in [9.17, 15) is 4.79 Å². The molecule has 4 rings (SSSR count). The van der Waals surface area contributed by atoms with E-state index in [1.54, 1.807) is 18.3 Å². The zero-order valence-electron chi connectivity index (χ0n) is 16.6. The molecule has 2 aliphatic rings. The molecule has 2 fully saturated rings. The lowest BCUT2D eigenvalue weighted by atomic mass is 9.98. The van der Waals surface area contributed by atoms with Crippen LogP contribution in [0, 0.1) is 0 Å². The van der Waals surface area contributed by atoms with Crippen molar-refractivity contribution in [1.29, 1.82) is 0 Å². The van der Waals surface area contributed by atoms with Crippen LogP contribution in [-0.2, 0) is 0 Å². The van der Waals surface area contributed by atoms with E-state index in [1.807, 2.05) is 29.2 Å². The first-order valence-electron chi connectivity index (χ1n) is 10.5. The van der Waals surface area contributed by atoms with Crippen molar-refractivity contribution >= 4 is 17.5 Å². The van der Waals surface area contributed by atoms with Crippen molar-refractivity contribution in [2.75, 3.05) is 13.1 Å². The number of carbonyl (C=O) groups excluding carboxylic acids is 1. The summed E-state index contributed by atoms with van der Waals surface area (Å²) in [5, 5.41) is 0.696. The number of hydrogen-bond acceptors (Lipinski definition) is 4. The van der Waals surface area contributed by atoms with Crippen LogP contribution in [0.1, 0.15) is 55.3 Å². The molecule has 0 atom stereocenters. The van der Waals surface area contributed by atoms with E-state index >= 15 is 0 Å². The molecule has 1 aliphatic carbocycles. The summed E-state index contributed by atoms with van der Waals surface area (Å²) >= 11 is 5.92. The van der Waals surface area contributed by atoms with E-state index in [4.69, 9.17) is 21.1 Å². The molecule has 1 aromatic heterocycles. The smallest absolute Gasteiger partial charge is 0.254 e. The minimum atomic E-state index is 0.0332. The third kappa shape index (κ3) is 5.41. The van der Waals surface area contributed by atoms with Gasteiger partial charge in [0, 0.05) is 48.8 Å². The molecular formula is C23H27ClN2O3. The molecule has 0 radical (unpaired) electrons. The van der Waals surface area contributed by atoms with Crippen LogP contribution in [0.2, 0.25) is 5.02 Å². The number of halogens is 1. The number of likely N-dealkylation sites (tertiary alicyclic amines) is 1. The van der Waals surface area contributed by atoms with Crippen molar-refractivity contribution < 1.29 is 14.3 Å². The van der Waals surface area contributed by atoms with Gasteiger partial charge in [-0.15, -0.1) is 0 Å². The first-order valence-corrected chi connectivity index (χ1v) is 10.9. The lowest BCUT2D eigenvalue weighted by Gasteiger charge is -2.32. The fraction of sp³-hybridized carbons (Fsp3) is 0.478. The number of rotatable bonds is 5. The molecule has 6 heteroatoms. The van der Waals surface area contributed by atoms with Crippen LogP contribution < -0.4 is 9.47 Å². The largest absolute Gasteiger partial charge is 0.490 e. The molecule has 29 heavy (non-hydrogen) atoms. The standard InChI is InChI=1S/C23H27ClN2O3/c24-18-6-8-20(9-7-18)28-21-11-14-26(15-12-21)23(27)17-10-13-25-22(16-17)29-19-4-2-1-3-5-19/h6-10,13,16,19,21H,1-5,11-12,14-15H2.